The topological polar surface area (TPSA) is 23.6 Å². The van der Waals surface area contributed by atoms with Crippen LogP contribution in [0.3, 0.4) is 0 Å². The standard InChI is InChI=1S/C16H11F5N2O/c17-9-1-2-15(14(21)5-9)23-4-3-22(16(23)24)8-11-12(19)6-10(18)7-13(11)20/h1-2,5-7H,3-4,8H2. The lowest BCUT2D eigenvalue weighted by molar-refractivity contribution is 0.217. The van der Waals surface area contributed by atoms with Crippen molar-refractivity contribution in [1.29, 1.82) is 0 Å². The third-order valence-corrected chi connectivity index (χ3v) is 3.75. The fraction of sp³-hybridized carbons (Fsp3) is 0.188. The minimum Gasteiger partial charge on any atom is -0.318 e. The first-order valence-electron chi connectivity index (χ1n) is 7.01. The molecule has 3 nitrogen and oxygen atoms in total. The Morgan fingerprint density at radius 2 is 1.46 bits per heavy atom. The second-order valence-corrected chi connectivity index (χ2v) is 5.30. The van der Waals surface area contributed by atoms with Crippen LogP contribution in [-0.2, 0) is 6.54 Å². The number of hydrogen-bond donors (Lipinski definition) is 0. The number of benzene rings is 2. The predicted octanol–water partition coefficient (Wildman–Crippen LogP) is 3.82. The fourth-order valence-corrected chi connectivity index (χ4v) is 2.57. The molecule has 0 saturated carbocycles. The molecule has 0 aromatic heterocycles. The van der Waals surface area contributed by atoms with Crippen LogP contribution in [0, 0.1) is 29.1 Å². The zero-order valence-corrected chi connectivity index (χ0v) is 12.2. The van der Waals surface area contributed by atoms with Gasteiger partial charge in [0.25, 0.3) is 0 Å². The van der Waals surface area contributed by atoms with Gasteiger partial charge in [-0.2, -0.15) is 0 Å². The summed E-state index contributed by atoms with van der Waals surface area (Å²) in [4.78, 5) is 14.5. The van der Waals surface area contributed by atoms with Crippen LogP contribution in [0.1, 0.15) is 5.56 Å². The van der Waals surface area contributed by atoms with E-state index < -0.39 is 47.2 Å². The second kappa shape index (κ2) is 6.10. The summed E-state index contributed by atoms with van der Waals surface area (Å²) in [6.45, 7) is -0.256. The SMILES string of the molecule is O=C1N(Cc2c(F)cc(F)cc2F)CCN1c1ccc(F)cc1F. The Morgan fingerprint density at radius 3 is 2.08 bits per heavy atom. The number of halogens is 5. The first-order chi connectivity index (χ1) is 11.4. The number of amides is 2. The minimum atomic E-state index is -1.10. The zero-order chi connectivity index (χ0) is 17.4. The Morgan fingerprint density at radius 1 is 0.833 bits per heavy atom. The molecule has 0 N–H and O–H groups in total. The van der Waals surface area contributed by atoms with Crippen LogP contribution < -0.4 is 4.90 Å². The summed E-state index contributed by atoms with van der Waals surface area (Å²) in [5.74, 6) is -4.96. The van der Waals surface area contributed by atoms with Crippen LogP contribution in [0.5, 0.6) is 0 Å². The first-order valence-corrected chi connectivity index (χ1v) is 7.01. The maximum absolute atomic E-state index is 13.8. The van der Waals surface area contributed by atoms with Gasteiger partial charge in [0, 0.05) is 36.9 Å². The number of hydrogen-bond acceptors (Lipinski definition) is 1. The van der Waals surface area contributed by atoms with Crippen molar-refractivity contribution < 1.29 is 26.7 Å². The highest BCUT2D eigenvalue weighted by atomic mass is 19.2. The quantitative estimate of drug-likeness (QED) is 0.778. The highest BCUT2D eigenvalue weighted by Crippen LogP contribution is 2.26. The van der Waals surface area contributed by atoms with Crippen molar-refractivity contribution in [3.63, 3.8) is 0 Å². The van der Waals surface area contributed by atoms with E-state index in [4.69, 9.17) is 0 Å². The predicted molar refractivity (Wildman–Crippen MR) is 75.8 cm³/mol. The molecule has 8 heteroatoms. The van der Waals surface area contributed by atoms with E-state index >= 15 is 0 Å². The molecule has 3 rings (SSSR count). The van der Waals surface area contributed by atoms with Gasteiger partial charge in [-0.1, -0.05) is 0 Å². The van der Waals surface area contributed by atoms with Crippen molar-refractivity contribution in [3.05, 3.63) is 65.0 Å². The van der Waals surface area contributed by atoms with Gasteiger partial charge in [-0.3, -0.25) is 4.90 Å². The van der Waals surface area contributed by atoms with Crippen molar-refractivity contribution in [3.8, 4) is 0 Å². The van der Waals surface area contributed by atoms with E-state index in [0.29, 0.717) is 18.2 Å². The maximum atomic E-state index is 13.8. The molecule has 0 radical (unpaired) electrons. The molecule has 1 saturated heterocycles. The lowest BCUT2D eigenvalue weighted by Gasteiger charge is -2.19. The van der Waals surface area contributed by atoms with Gasteiger partial charge in [-0.05, 0) is 12.1 Å². The van der Waals surface area contributed by atoms with Crippen molar-refractivity contribution in [2.24, 2.45) is 0 Å². The molecule has 24 heavy (non-hydrogen) atoms. The molecule has 2 aromatic carbocycles. The number of nitrogens with zero attached hydrogens (tertiary/aromatic N) is 2. The molecule has 1 fully saturated rings. The smallest absolute Gasteiger partial charge is 0.318 e. The molecular formula is C16H11F5N2O. The van der Waals surface area contributed by atoms with Crippen LogP contribution in [0.15, 0.2) is 30.3 Å². The Labute approximate surface area is 133 Å². The van der Waals surface area contributed by atoms with Gasteiger partial charge in [0.05, 0.1) is 12.2 Å². The van der Waals surface area contributed by atoms with Gasteiger partial charge in [0.2, 0.25) is 0 Å². The first kappa shape index (κ1) is 16.2. The molecule has 1 heterocycles. The average molecular weight is 342 g/mol. The Balaban J connectivity index is 1.82. The van der Waals surface area contributed by atoms with Crippen LogP contribution >= 0.6 is 0 Å². The fourth-order valence-electron chi connectivity index (χ4n) is 2.57. The van der Waals surface area contributed by atoms with Crippen molar-refractivity contribution in [2.75, 3.05) is 18.0 Å². The minimum absolute atomic E-state index is 0.0752. The maximum Gasteiger partial charge on any atom is 0.325 e. The van der Waals surface area contributed by atoms with E-state index in [9.17, 15) is 26.7 Å². The summed E-state index contributed by atoms with van der Waals surface area (Å²) in [7, 11) is 0. The van der Waals surface area contributed by atoms with Crippen molar-refractivity contribution >= 4 is 11.7 Å². The van der Waals surface area contributed by atoms with Crippen LogP contribution in [0.4, 0.5) is 32.4 Å². The van der Waals surface area contributed by atoms with Crippen molar-refractivity contribution in [2.45, 2.75) is 6.54 Å². The average Bonchev–Trinajstić information content (AvgIpc) is 2.84. The van der Waals surface area contributed by atoms with Gasteiger partial charge in [-0.15, -0.1) is 0 Å². The van der Waals surface area contributed by atoms with E-state index in [0.717, 1.165) is 21.9 Å². The molecule has 0 atom stereocenters. The molecule has 2 amide bonds. The molecule has 1 aliphatic heterocycles. The molecule has 0 aliphatic carbocycles. The summed E-state index contributed by atoms with van der Waals surface area (Å²) in [5.41, 5.74) is -0.574. The van der Waals surface area contributed by atoms with Gasteiger partial charge in [0.15, 0.2) is 0 Å². The summed E-state index contributed by atoms with van der Waals surface area (Å²) < 4.78 is 67.0. The molecule has 0 spiro atoms. The third kappa shape index (κ3) is 2.91. The van der Waals surface area contributed by atoms with Crippen LogP contribution in [0.25, 0.3) is 0 Å². The van der Waals surface area contributed by atoms with Gasteiger partial charge in [0.1, 0.15) is 29.1 Å². The molecule has 126 valence electrons. The van der Waals surface area contributed by atoms with Crippen LogP contribution in [0.2, 0.25) is 0 Å². The summed E-state index contributed by atoms with van der Waals surface area (Å²) in [6, 6.07) is 3.14. The zero-order valence-electron chi connectivity index (χ0n) is 12.2. The van der Waals surface area contributed by atoms with Gasteiger partial charge >= 0.3 is 6.03 Å². The lowest BCUT2D eigenvalue weighted by Crippen LogP contribution is -2.32. The van der Waals surface area contributed by atoms with E-state index in [-0.39, 0.29) is 18.8 Å². The lowest BCUT2D eigenvalue weighted by atomic mass is 10.2. The number of carbonyl (C=O) groups is 1. The summed E-state index contributed by atoms with van der Waals surface area (Å²) in [6.07, 6.45) is 0. The second-order valence-electron chi connectivity index (χ2n) is 5.30. The number of anilines is 1. The van der Waals surface area contributed by atoms with Gasteiger partial charge in [-0.25, -0.2) is 26.7 Å². The van der Waals surface area contributed by atoms with Crippen molar-refractivity contribution in [1.82, 2.24) is 4.90 Å². The highest BCUT2D eigenvalue weighted by molar-refractivity contribution is 5.94. The van der Waals surface area contributed by atoms with Gasteiger partial charge < -0.3 is 4.90 Å². The monoisotopic (exact) mass is 342 g/mol. The summed E-state index contributed by atoms with van der Waals surface area (Å²) in [5, 5.41) is 0. The Hall–Kier alpha value is -2.64. The van der Waals surface area contributed by atoms with E-state index in [1.807, 2.05) is 0 Å². The Kier molecular flexibility index (Phi) is 4.13. The number of carbonyl (C=O) groups excluding carboxylic acids is 1. The third-order valence-electron chi connectivity index (χ3n) is 3.75. The Bertz CT molecular complexity index is 788. The van der Waals surface area contributed by atoms with E-state index in [1.165, 1.54) is 0 Å². The number of rotatable bonds is 3. The van der Waals surface area contributed by atoms with Crippen LogP contribution in [-0.4, -0.2) is 24.0 Å². The van der Waals surface area contributed by atoms with E-state index in [2.05, 4.69) is 0 Å². The molecular weight excluding hydrogens is 331 g/mol. The molecule has 1 aliphatic rings. The largest absolute Gasteiger partial charge is 0.325 e. The summed E-state index contributed by atoms with van der Waals surface area (Å²) >= 11 is 0. The normalized spacial score (nSPS) is 14.6. The molecule has 0 bridgehead atoms. The molecule has 2 aromatic rings. The number of urea groups is 1. The van der Waals surface area contributed by atoms with E-state index in [1.54, 1.807) is 0 Å². The molecule has 0 unspecified atom stereocenters. The highest BCUT2D eigenvalue weighted by Gasteiger charge is 2.32.